The first kappa shape index (κ1) is 14.7. The average molecular weight is 280 g/mol. The van der Waals surface area contributed by atoms with Gasteiger partial charge in [-0.1, -0.05) is 0 Å². The molecule has 2 rings (SSSR count). The molecule has 0 N–H and O–H groups in total. The maximum absolute atomic E-state index is 12.7. The van der Waals surface area contributed by atoms with Gasteiger partial charge in [0.25, 0.3) is 5.91 Å². The zero-order valence-electron chi connectivity index (χ0n) is 11.8. The standard InChI is InChI=1S/C14H20N2O4/c1-20-12(18)5-7-14(11(17)6-8-15-14)13(19)16-9-3-2-4-10-16/h8H,2-7,9-10H2,1H3. The summed E-state index contributed by atoms with van der Waals surface area (Å²) in [4.78, 5) is 42.0. The SMILES string of the molecule is COC(=O)CCC1(C(=O)N2CCCCC2)N=CCC1=O. The minimum absolute atomic E-state index is 0.0269. The lowest BCUT2D eigenvalue weighted by molar-refractivity contribution is -0.145. The zero-order valence-corrected chi connectivity index (χ0v) is 11.8. The summed E-state index contributed by atoms with van der Waals surface area (Å²) in [6.45, 7) is 1.34. The van der Waals surface area contributed by atoms with E-state index in [0.29, 0.717) is 13.1 Å². The van der Waals surface area contributed by atoms with Gasteiger partial charge in [0.2, 0.25) is 0 Å². The Morgan fingerprint density at radius 2 is 2.05 bits per heavy atom. The highest BCUT2D eigenvalue weighted by atomic mass is 16.5. The van der Waals surface area contributed by atoms with Crippen molar-refractivity contribution in [3.8, 4) is 0 Å². The number of amides is 1. The number of ketones is 1. The van der Waals surface area contributed by atoms with Crippen LogP contribution in [0.3, 0.4) is 0 Å². The minimum atomic E-state index is -1.38. The summed E-state index contributed by atoms with van der Waals surface area (Å²) in [5.74, 6) is -0.887. The second kappa shape index (κ2) is 6.15. The second-order valence-corrected chi connectivity index (χ2v) is 5.23. The van der Waals surface area contributed by atoms with E-state index in [1.165, 1.54) is 13.3 Å². The van der Waals surface area contributed by atoms with Crippen LogP contribution in [-0.2, 0) is 19.1 Å². The fraction of sp³-hybridized carbons (Fsp3) is 0.714. The highest BCUT2D eigenvalue weighted by Gasteiger charge is 2.49. The van der Waals surface area contributed by atoms with Crippen LogP contribution in [0.4, 0.5) is 0 Å². The minimum Gasteiger partial charge on any atom is -0.469 e. The topological polar surface area (TPSA) is 76.0 Å². The van der Waals surface area contributed by atoms with E-state index in [2.05, 4.69) is 9.73 Å². The number of methoxy groups -OCH3 is 1. The molecule has 1 amide bonds. The molecule has 6 heteroatoms. The van der Waals surface area contributed by atoms with E-state index in [1.54, 1.807) is 4.90 Å². The molecule has 1 unspecified atom stereocenters. The second-order valence-electron chi connectivity index (χ2n) is 5.23. The van der Waals surface area contributed by atoms with Crippen molar-refractivity contribution in [2.24, 2.45) is 4.99 Å². The Balaban J connectivity index is 2.14. The molecule has 0 aromatic heterocycles. The number of Topliss-reactive ketones (excluding diaryl/α,β-unsaturated/α-hetero) is 1. The predicted molar refractivity (Wildman–Crippen MR) is 72.5 cm³/mol. The van der Waals surface area contributed by atoms with Crippen molar-refractivity contribution in [1.29, 1.82) is 0 Å². The molecule has 0 radical (unpaired) electrons. The van der Waals surface area contributed by atoms with Crippen LogP contribution >= 0.6 is 0 Å². The lowest BCUT2D eigenvalue weighted by atomic mass is 9.87. The number of hydrogen-bond donors (Lipinski definition) is 0. The van der Waals surface area contributed by atoms with E-state index in [-0.39, 0.29) is 31.0 Å². The number of rotatable bonds is 4. The number of aliphatic imine (C=N–C) groups is 1. The molecule has 0 bridgehead atoms. The van der Waals surface area contributed by atoms with Crippen molar-refractivity contribution in [2.75, 3.05) is 20.2 Å². The molecule has 1 fully saturated rings. The van der Waals surface area contributed by atoms with Crippen LogP contribution in [0, 0.1) is 0 Å². The van der Waals surface area contributed by atoms with Crippen LogP contribution in [0.1, 0.15) is 38.5 Å². The van der Waals surface area contributed by atoms with Crippen molar-refractivity contribution in [1.82, 2.24) is 4.90 Å². The molecule has 2 heterocycles. The van der Waals surface area contributed by atoms with Gasteiger partial charge in [-0.05, 0) is 25.7 Å². The van der Waals surface area contributed by atoms with Gasteiger partial charge in [-0.3, -0.25) is 19.4 Å². The van der Waals surface area contributed by atoms with E-state index in [0.717, 1.165) is 19.3 Å². The smallest absolute Gasteiger partial charge is 0.305 e. The van der Waals surface area contributed by atoms with Crippen molar-refractivity contribution >= 4 is 23.9 Å². The summed E-state index contributed by atoms with van der Waals surface area (Å²) >= 11 is 0. The largest absolute Gasteiger partial charge is 0.469 e. The molecule has 20 heavy (non-hydrogen) atoms. The summed E-state index contributed by atoms with van der Waals surface area (Å²) in [5, 5.41) is 0. The quantitative estimate of drug-likeness (QED) is 0.562. The Bertz CT molecular complexity index is 440. The Hall–Kier alpha value is -1.72. The molecule has 2 aliphatic rings. The van der Waals surface area contributed by atoms with Gasteiger partial charge in [-0.25, -0.2) is 0 Å². The normalized spacial score (nSPS) is 25.9. The van der Waals surface area contributed by atoms with E-state index in [4.69, 9.17) is 0 Å². The first-order chi connectivity index (χ1) is 9.60. The van der Waals surface area contributed by atoms with E-state index in [1.807, 2.05) is 0 Å². The lowest BCUT2D eigenvalue weighted by Gasteiger charge is -2.33. The number of hydrogen-bond acceptors (Lipinski definition) is 5. The maximum atomic E-state index is 12.7. The Morgan fingerprint density at radius 3 is 2.60 bits per heavy atom. The van der Waals surface area contributed by atoms with Crippen LogP contribution in [0.5, 0.6) is 0 Å². The molecular formula is C14H20N2O4. The molecular weight excluding hydrogens is 260 g/mol. The number of carbonyl (C=O) groups excluding carboxylic acids is 3. The number of carbonyl (C=O) groups is 3. The number of piperidine rings is 1. The average Bonchev–Trinajstić information content (AvgIpc) is 2.87. The van der Waals surface area contributed by atoms with Crippen LogP contribution in [0.25, 0.3) is 0 Å². The maximum Gasteiger partial charge on any atom is 0.305 e. The number of nitrogens with zero attached hydrogens (tertiary/aromatic N) is 2. The van der Waals surface area contributed by atoms with Crippen LogP contribution < -0.4 is 0 Å². The van der Waals surface area contributed by atoms with Crippen molar-refractivity contribution in [2.45, 2.75) is 44.1 Å². The number of esters is 1. The van der Waals surface area contributed by atoms with Crippen molar-refractivity contribution in [3.05, 3.63) is 0 Å². The van der Waals surface area contributed by atoms with E-state index < -0.39 is 11.5 Å². The molecule has 0 aromatic rings. The van der Waals surface area contributed by atoms with Crippen LogP contribution in [0.2, 0.25) is 0 Å². The van der Waals surface area contributed by atoms with Gasteiger partial charge < -0.3 is 9.64 Å². The summed E-state index contributed by atoms with van der Waals surface area (Å²) in [6.07, 6.45) is 4.80. The summed E-state index contributed by atoms with van der Waals surface area (Å²) < 4.78 is 4.59. The Labute approximate surface area is 118 Å². The Morgan fingerprint density at radius 1 is 1.35 bits per heavy atom. The van der Waals surface area contributed by atoms with Crippen molar-refractivity contribution < 1.29 is 19.1 Å². The van der Waals surface area contributed by atoms with Crippen LogP contribution in [-0.4, -0.2) is 54.5 Å². The first-order valence-electron chi connectivity index (χ1n) is 7.03. The Kier molecular flexibility index (Phi) is 4.52. The number of ether oxygens (including phenoxy) is 1. The first-order valence-corrected chi connectivity index (χ1v) is 7.03. The molecule has 110 valence electrons. The predicted octanol–water partition coefficient (Wildman–Crippen LogP) is 0.734. The van der Waals surface area contributed by atoms with Gasteiger partial charge >= 0.3 is 5.97 Å². The van der Waals surface area contributed by atoms with Gasteiger partial charge in [-0.2, -0.15) is 0 Å². The van der Waals surface area contributed by atoms with Crippen molar-refractivity contribution in [3.63, 3.8) is 0 Å². The van der Waals surface area contributed by atoms with Gasteiger partial charge in [0.05, 0.1) is 7.11 Å². The third-order valence-electron chi connectivity index (χ3n) is 3.97. The number of likely N-dealkylation sites (tertiary alicyclic amines) is 1. The molecule has 0 aliphatic carbocycles. The molecule has 0 aromatic carbocycles. The third kappa shape index (κ3) is 2.73. The van der Waals surface area contributed by atoms with Gasteiger partial charge in [0.15, 0.2) is 11.3 Å². The fourth-order valence-corrected chi connectivity index (χ4v) is 2.75. The van der Waals surface area contributed by atoms with E-state index in [9.17, 15) is 14.4 Å². The monoisotopic (exact) mass is 280 g/mol. The summed E-state index contributed by atoms with van der Waals surface area (Å²) in [6, 6.07) is 0. The van der Waals surface area contributed by atoms with Gasteiger partial charge in [0.1, 0.15) is 0 Å². The van der Waals surface area contributed by atoms with Crippen LogP contribution in [0.15, 0.2) is 4.99 Å². The van der Waals surface area contributed by atoms with Gasteiger partial charge in [0, 0.05) is 32.1 Å². The molecule has 1 saturated heterocycles. The fourth-order valence-electron chi connectivity index (χ4n) is 2.75. The summed E-state index contributed by atoms with van der Waals surface area (Å²) in [5.41, 5.74) is -1.38. The molecule has 6 nitrogen and oxygen atoms in total. The molecule has 0 saturated carbocycles. The zero-order chi connectivity index (χ0) is 14.6. The summed E-state index contributed by atoms with van der Waals surface area (Å²) in [7, 11) is 1.29. The van der Waals surface area contributed by atoms with E-state index >= 15 is 0 Å². The molecule has 0 spiro atoms. The molecule has 2 aliphatic heterocycles. The lowest BCUT2D eigenvalue weighted by Crippen LogP contribution is -2.52. The molecule has 1 atom stereocenters. The highest BCUT2D eigenvalue weighted by Crippen LogP contribution is 2.29. The highest BCUT2D eigenvalue weighted by molar-refractivity contribution is 6.18. The third-order valence-corrected chi connectivity index (χ3v) is 3.97. The van der Waals surface area contributed by atoms with Gasteiger partial charge in [-0.15, -0.1) is 0 Å².